The number of hydrogen-bond donors (Lipinski definition) is 1. The van der Waals surface area contributed by atoms with Gasteiger partial charge in [-0.3, -0.25) is 0 Å². The van der Waals surface area contributed by atoms with Crippen LogP contribution in [0, 0.1) is 0 Å². The number of ether oxygens (including phenoxy) is 1. The van der Waals surface area contributed by atoms with E-state index in [0.717, 1.165) is 31.3 Å². The molecule has 0 heterocycles. The molecule has 0 saturated carbocycles. The number of sulfonamides is 1. The van der Waals surface area contributed by atoms with Crippen LogP contribution in [0.2, 0.25) is 0 Å². The maximum Gasteiger partial charge on any atom is 0.337 e. The first kappa shape index (κ1) is 15.7. The van der Waals surface area contributed by atoms with Crippen LogP contribution in [0.5, 0.6) is 0 Å². The summed E-state index contributed by atoms with van der Waals surface area (Å²) in [6.07, 6.45) is 6.30. The van der Waals surface area contributed by atoms with Gasteiger partial charge in [-0.2, -0.15) is 0 Å². The summed E-state index contributed by atoms with van der Waals surface area (Å²) in [7, 11) is -2.36. The number of rotatable bonds is 5. The SMILES string of the molecule is COC(=O)c1cccc(S(=O)(=O)NCC2=CCCCC2)c1. The van der Waals surface area contributed by atoms with Crippen LogP contribution in [-0.2, 0) is 14.8 Å². The predicted molar refractivity (Wildman–Crippen MR) is 79.5 cm³/mol. The summed E-state index contributed by atoms with van der Waals surface area (Å²) in [6.45, 7) is 0.324. The zero-order valence-corrected chi connectivity index (χ0v) is 12.8. The Morgan fingerprint density at radius 2 is 2.14 bits per heavy atom. The molecule has 0 saturated heterocycles. The number of nitrogens with one attached hydrogen (secondary N) is 1. The Morgan fingerprint density at radius 1 is 1.33 bits per heavy atom. The minimum Gasteiger partial charge on any atom is -0.465 e. The van der Waals surface area contributed by atoms with Crippen LogP contribution in [-0.4, -0.2) is 28.0 Å². The van der Waals surface area contributed by atoms with Crippen LogP contribution in [0.4, 0.5) is 0 Å². The molecule has 1 aliphatic rings. The van der Waals surface area contributed by atoms with Gasteiger partial charge in [0.1, 0.15) is 0 Å². The van der Waals surface area contributed by atoms with Crippen molar-refractivity contribution in [3.63, 3.8) is 0 Å². The largest absolute Gasteiger partial charge is 0.465 e. The van der Waals surface area contributed by atoms with Gasteiger partial charge in [-0.15, -0.1) is 0 Å². The van der Waals surface area contributed by atoms with E-state index in [9.17, 15) is 13.2 Å². The molecule has 0 radical (unpaired) electrons. The minimum atomic E-state index is -3.62. The third-order valence-corrected chi connectivity index (χ3v) is 4.84. The normalized spacial score (nSPS) is 15.4. The smallest absolute Gasteiger partial charge is 0.337 e. The Bertz CT molecular complexity index is 649. The van der Waals surface area contributed by atoms with Gasteiger partial charge in [-0.05, 0) is 43.9 Å². The van der Waals surface area contributed by atoms with E-state index in [0.29, 0.717) is 6.54 Å². The Hall–Kier alpha value is -1.66. The highest BCUT2D eigenvalue weighted by atomic mass is 32.2. The second-order valence-electron chi connectivity index (χ2n) is 4.95. The van der Waals surface area contributed by atoms with Gasteiger partial charge >= 0.3 is 5.97 Å². The molecular formula is C15H19NO4S. The van der Waals surface area contributed by atoms with Crippen LogP contribution in [0.1, 0.15) is 36.0 Å². The zero-order valence-electron chi connectivity index (χ0n) is 12.0. The van der Waals surface area contributed by atoms with Crippen molar-refractivity contribution in [2.45, 2.75) is 30.6 Å². The second kappa shape index (κ2) is 6.87. The number of allylic oxidation sites excluding steroid dienone is 1. The molecule has 1 aromatic carbocycles. The maximum atomic E-state index is 12.2. The summed E-state index contributed by atoms with van der Waals surface area (Å²) in [5.41, 5.74) is 1.34. The highest BCUT2D eigenvalue weighted by molar-refractivity contribution is 7.89. The first-order valence-corrected chi connectivity index (χ1v) is 8.37. The highest BCUT2D eigenvalue weighted by Gasteiger charge is 2.17. The lowest BCUT2D eigenvalue weighted by atomic mass is 10.0. The maximum absolute atomic E-state index is 12.2. The number of carbonyl (C=O) groups excluding carboxylic acids is 1. The molecule has 6 heteroatoms. The summed E-state index contributed by atoms with van der Waals surface area (Å²) < 4.78 is 31.7. The third-order valence-electron chi connectivity index (χ3n) is 3.44. The molecule has 0 aromatic heterocycles. The van der Waals surface area contributed by atoms with E-state index in [1.807, 2.05) is 0 Å². The highest BCUT2D eigenvalue weighted by Crippen LogP contribution is 2.18. The average molecular weight is 309 g/mol. The van der Waals surface area contributed by atoms with Crippen LogP contribution in [0.15, 0.2) is 40.8 Å². The van der Waals surface area contributed by atoms with E-state index in [4.69, 9.17) is 0 Å². The fraction of sp³-hybridized carbons (Fsp3) is 0.400. The molecule has 0 aliphatic heterocycles. The summed E-state index contributed by atoms with van der Waals surface area (Å²) in [5, 5.41) is 0. The number of hydrogen-bond acceptors (Lipinski definition) is 4. The van der Waals surface area contributed by atoms with Gasteiger partial charge in [-0.25, -0.2) is 17.9 Å². The molecule has 1 aromatic rings. The van der Waals surface area contributed by atoms with E-state index in [2.05, 4.69) is 15.5 Å². The van der Waals surface area contributed by atoms with Crippen LogP contribution >= 0.6 is 0 Å². The number of benzene rings is 1. The molecular weight excluding hydrogens is 290 g/mol. The van der Waals surface area contributed by atoms with Gasteiger partial charge in [0.2, 0.25) is 10.0 Å². The molecule has 0 unspecified atom stereocenters. The van der Waals surface area contributed by atoms with Gasteiger partial charge in [0.25, 0.3) is 0 Å². The number of methoxy groups -OCH3 is 1. The Labute approximate surface area is 125 Å². The summed E-state index contributed by atoms with van der Waals surface area (Å²) in [4.78, 5) is 11.5. The van der Waals surface area contributed by atoms with Crippen molar-refractivity contribution in [3.05, 3.63) is 41.5 Å². The van der Waals surface area contributed by atoms with Crippen molar-refractivity contribution >= 4 is 16.0 Å². The van der Waals surface area contributed by atoms with Crippen molar-refractivity contribution in [1.82, 2.24) is 4.72 Å². The van der Waals surface area contributed by atoms with Gasteiger partial charge in [0, 0.05) is 6.54 Å². The molecule has 5 nitrogen and oxygen atoms in total. The molecule has 0 amide bonds. The van der Waals surface area contributed by atoms with Gasteiger partial charge < -0.3 is 4.74 Å². The Kier molecular flexibility index (Phi) is 5.14. The molecule has 0 bridgehead atoms. The average Bonchev–Trinajstić information content (AvgIpc) is 2.53. The minimum absolute atomic E-state index is 0.0711. The van der Waals surface area contributed by atoms with Gasteiger partial charge in [0.05, 0.1) is 17.6 Å². The molecule has 1 N–H and O–H groups in total. The number of esters is 1. The van der Waals surface area contributed by atoms with Crippen LogP contribution in [0.3, 0.4) is 0 Å². The van der Waals surface area contributed by atoms with Crippen LogP contribution in [0.25, 0.3) is 0 Å². The fourth-order valence-corrected chi connectivity index (χ4v) is 3.33. The molecule has 21 heavy (non-hydrogen) atoms. The quantitative estimate of drug-likeness (QED) is 0.669. The van der Waals surface area contributed by atoms with Crippen molar-refractivity contribution in [2.24, 2.45) is 0 Å². The Balaban J connectivity index is 2.11. The van der Waals surface area contributed by atoms with E-state index in [-0.39, 0.29) is 10.5 Å². The topological polar surface area (TPSA) is 72.5 Å². The molecule has 114 valence electrons. The summed E-state index contributed by atoms with van der Waals surface area (Å²) in [6, 6.07) is 5.84. The van der Waals surface area contributed by atoms with Gasteiger partial charge in [-0.1, -0.05) is 17.7 Å². The third kappa shape index (κ3) is 4.15. The first-order valence-electron chi connectivity index (χ1n) is 6.89. The zero-order chi connectivity index (χ0) is 15.3. The standard InChI is InChI=1S/C15H19NO4S/c1-20-15(17)13-8-5-9-14(10-13)21(18,19)16-11-12-6-3-2-4-7-12/h5-6,8-10,16H,2-4,7,11H2,1H3. The van der Waals surface area contributed by atoms with E-state index in [1.54, 1.807) is 0 Å². The monoisotopic (exact) mass is 309 g/mol. The molecule has 2 rings (SSSR count). The Morgan fingerprint density at radius 3 is 2.81 bits per heavy atom. The first-order chi connectivity index (χ1) is 10.0. The van der Waals surface area contributed by atoms with Crippen molar-refractivity contribution in [2.75, 3.05) is 13.7 Å². The fourth-order valence-electron chi connectivity index (χ4n) is 2.24. The lowest BCUT2D eigenvalue weighted by Gasteiger charge is -2.14. The van der Waals surface area contributed by atoms with Crippen molar-refractivity contribution < 1.29 is 17.9 Å². The lowest BCUT2D eigenvalue weighted by Crippen LogP contribution is -2.26. The second-order valence-corrected chi connectivity index (χ2v) is 6.72. The number of carbonyl (C=O) groups is 1. The van der Waals surface area contributed by atoms with Crippen LogP contribution < -0.4 is 4.72 Å². The van der Waals surface area contributed by atoms with Crippen molar-refractivity contribution in [1.29, 1.82) is 0 Å². The van der Waals surface area contributed by atoms with E-state index in [1.165, 1.54) is 31.4 Å². The van der Waals surface area contributed by atoms with E-state index < -0.39 is 16.0 Å². The summed E-state index contributed by atoms with van der Waals surface area (Å²) in [5.74, 6) is -0.554. The van der Waals surface area contributed by atoms with E-state index >= 15 is 0 Å². The molecule has 1 aliphatic carbocycles. The predicted octanol–water partition coefficient (Wildman–Crippen LogP) is 2.25. The molecule has 0 fully saturated rings. The van der Waals surface area contributed by atoms with Gasteiger partial charge in [0.15, 0.2) is 0 Å². The van der Waals surface area contributed by atoms with Crippen molar-refractivity contribution in [3.8, 4) is 0 Å². The molecule has 0 atom stereocenters. The molecule has 0 spiro atoms. The lowest BCUT2D eigenvalue weighted by molar-refractivity contribution is 0.0600. The summed E-state index contributed by atoms with van der Waals surface area (Å²) >= 11 is 0.